The molecule has 0 amide bonds. The predicted molar refractivity (Wildman–Crippen MR) is 116 cm³/mol. The third-order valence-electron chi connectivity index (χ3n) is 3.73. The molecule has 0 saturated heterocycles. The van der Waals surface area contributed by atoms with Gasteiger partial charge >= 0.3 is 41.9 Å². The summed E-state index contributed by atoms with van der Waals surface area (Å²) in [4.78, 5) is 0. The average Bonchev–Trinajstić information content (AvgIpc) is 3.45. The Morgan fingerprint density at radius 3 is 1.85 bits per heavy atom. The zero-order chi connectivity index (χ0) is 19.3. The Labute approximate surface area is 180 Å². The van der Waals surface area contributed by atoms with Gasteiger partial charge in [0.1, 0.15) is 0 Å². The van der Waals surface area contributed by atoms with Crippen molar-refractivity contribution in [2.75, 3.05) is 0 Å². The third-order valence-corrected chi connectivity index (χ3v) is 3.73. The topological polar surface area (TPSA) is 0 Å². The Bertz CT molecular complexity index is 788. The minimum absolute atomic E-state index is 0. The Kier molecular flexibility index (Phi) is 10.0. The molecule has 0 spiro atoms. The van der Waals surface area contributed by atoms with E-state index in [0.29, 0.717) is 0 Å². The summed E-state index contributed by atoms with van der Waals surface area (Å²) in [7, 11) is 0. The van der Waals surface area contributed by atoms with Crippen LogP contribution in [-0.4, -0.2) is 5.43 Å². The quantitative estimate of drug-likeness (QED) is 0.182. The van der Waals surface area contributed by atoms with Crippen molar-refractivity contribution in [1.82, 2.24) is 0 Å². The van der Waals surface area contributed by atoms with E-state index in [-0.39, 0.29) is 6.86 Å². The molecule has 0 bridgehead atoms. The van der Waals surface area contributed by atoms with E-state index in [9.17, 15) is 0 Å². The van der Waals surface area contributed by atoms with Crippen LogP contribution in [0.15, 0.2) is 103 Å². The zero-order valence-corrected chi connectivity index (χ0v) is 19.5. The van der Waals surface area contributed by atoms with Gasteiger partial charge in [-0.3, -0.25) is 0 Å². The first-order chi connectivity index (χ1) is 13.2. The van der Waals surface area contributed by atoms with Gasteiger partial charge in [0.15, 0.2) is 0 Å². The van der Waals surface area contributed by atoms with E-state index in [1.807, 2.05) is 66.7 Å². The molecule has 0 N–H and O–H groups in total. The minimum atomic E-state index is 0. The summed E-state index contributed by atoms with van der Waals surface area (Å²) in [5.74, 6) is 0. The van der Waals surface area contributed by atoms with E-state index in [1.165, 1.54) is 22.3 Å². The molecule has 0 radical (unpaired) electrons. The molecule has 0 aromatic heterocycles. The largest absolute Gasteiger partial charge is 1.00 e. The minimum Gasteiger partial charge on any atom is -1.00 e. The van der Waals surface area contributed by atoms with E-state index in [2.05, 4.69) is 55.6 Å². The molecule has 1 aliphatic carbocycles. The summed E-state index contributed by atoms with van der Waals surface area (Å²) >= 11 is 1.74. The van der Waals surface area contributed by atoms with Crippen molar-refractivity contribution in [2.45, 2.75) is 19.5 Å². The van der Waals surface area contributed by atoms with Gasteiger partial charge in [0.05, 0.1) is 0 Å². The maximum atomic E-state index is 3.30. The Balaban J connectivity index is 0.000000218. The SMILES string of the molecule is C[Si](C)=[Zr].[H-].[c-]1cccc2c1Cc1ccccc1-2.c1cc[cH-]c1.c1cc[cH-]c1. The molecular weight excluding hydrogens is 420 g/mol. The normalized spacial score (nSPS) is 9.81. The summed E-state index contributed by atoms with van der Waals surface area (Å²) in [6, 6.07) is 38.1. The molecule has 138 valence electrons. The van der Waals surface area contributed by atoms with Crippen LogP contribution in [0, 0.1) is 6.07 Å². The number of fused-ring (bicyclic) bond motifs is 3. The van der Waals surface area contributed by atoms with Crippen molar-refractivity contribution in [3.63, 3.8) is 0 Å². The second-order valence-electron chi connectivity index (χ2n) is 6.32. The van der Waals surface area contributed by atoms with Gasteiger partial charge in [-0.05, 0) is 6.42 Å². The smallest absolute Gasteiger partial charge is 0.0253 e. The Morgan fingerprint density at radius 1 is 0.815 bits per heavy atom. The van der Waals surface area contributed by atoms with Gasteiger partial charge in [0.2, 0.25) is 0 Å². The van der Waals surface area contributed by atoms with Crippen molar-refractivity contribution in [3.8, 4) is 11.1 Å². The molecule has 0 saturated carbocycles. The maximum absolute atomic E-state index is 3.30. The van der Waals surface area contributed by atoms with Crippen LogP contribution in [0.25, 0.3) is 11.1 Å². The molecule has 2 heteroatoms. The van der Waals surface area contributed by atoms with Gasteiger partial charge in [-0.15, -0.1) is 5.56 Å². The summed E-state index contributed by atoms with van der Waals surface area (Å²) in [5, 5.41) is 0. The zero-order valence-electron chi connectivity index (χ0n) is 17.0. The van der Waals surface area contributed by atoms with Crippen molar-refractivity contribution < 1.29 is 24.8 Å². The summed E-state index contributed by atoms with van der Waals surface area (Å²) < 4.78 is 0. The maximum Gasteiger partial charge on any atom is -0.0253 e. The summed E-state index contributed by atoms with van der Waals surface area (Å²) in [6.45, 7) is 4.62. The average molecular weight is 446 g/mol. The van der Waals surface area contributed by atoms with E-state index >= 15 is 0 Å². The fourth-order valence-corrected chi connectivity index (χ4v) is 2.64. The first kappa shape index (κ1) is 21.5. The third kappa shape index (κ3) is 8.20. The second kappa shape index (κ2) is 12.6. The van der Waals surface area contributed by atoms with Gasteiger partial charge in [0, 0.05) is 0 Å². The monoisotopic (exact) mass is 444 g/mol. The summed E-state index contributed by atoms with van der Waals surface area (Å²) in [6.07, 6.45) is 1.05. The Morgan fingerprint density at radius 2 is 1.33 bits per heavy atom. The Hall–Kier alpha value is -1.76. The van der Waals surface area contributed by atoms with Crippen LogP contribution in [0.3, 0.4) is 0 Å². The second-order valence-corrected chi connectivity index (χ2v) is 15.7. The first-order valence-electron chi connectivity index (χ1n) is 9.11. The van der Waals surface area contributed by atoms with Crippen LogP contribution in [0.1, 0.15) is 12.6 Å². The molecule has 5 rings (SSSR count). The number of benzene rings is 2. The van der Waals surface area contributed by atoms with Gasteiger partial charge in [-0.1, -0.05) is 35.4 Å². The number of hydrogen-bond donors (Lipinski definition) is 0. The van der Waals surface area contributed by atoms with E-state index in [0.717, 1.165) is 6.42 Å². The van der Waals surface area contributed by atoms with E-state index in [4.69, 9.17) is 0 Å². The van der Waals surface area contributed by atoms with E-state index in [1.54, 1.807) is 23.3 Å². The van der Waals surface area contributed by atoms with E-state index < -0.39 is 0 Å². The molecule has 27 heavy (non-hydrogen) atoms. The molecule has 0 nitrogen and oxygen atoms in total. The van der Waals surface area contributed by atoms with Crippen molar-refractivity contribution in [3.05, 3.63) is 120 Å². The van der Waals surface area contributed by atoms with Crippen LogP contribution < -0.4 is 0 Å². The van der Waals surface area contributed by atoms with Crippen LogP contribution >= 0.6 is 0 Å². The molecular formula is C25H26SiZr-4. The first-order valence-corrected chi connectivity index (χ1v) is 15.3. The van der Waals surface area contributed by atoms with Gasteiger partial charge in [0.25, 0.3) is 0 Å². The molecule has 0 fully saturated rings. The van der Waals surface area contributed by atoms with Crippen molar-refractivity contribution in [2.24, 2.45) is 0 Å². The van der Waals surface area contributed by atoms with Gasteiger partial charge in [-0.25, -0.2) is 24.3 Å². The molecule has 1 aliphatic rings. The fraction of sp³-hybridized carbons (Fsp3) is 0.120. The fourth-order valence-electron chi connectivity index (χ4n) is 2.64. The van der Waals surface area contributed by atoms with Crippen LogP contribution in [0.5, 0.6) is 0 Å². The van der Waals surface area contributed by atoms with Crippen molar-refractivity contribution in [1.29, 1.82) is 0 Å². The number of rotatable bonds is 0. The molecule has 4 aromatic carbocycles. The van der Waals surface area contributed by atoms with Crippen LogP contribution in [0.4, 0.5) is 0 Å². The molecule has 0 aliphatic heterocycles. The molecule has 0 unspecified atom stereocenters. The predicted octanol–water partition coefficient (Wildman–Crippen LogP) is 6.77. The van der Waals surface area contributed by atoms with Crippen molar-refractivity contribution >= 4 is 5.43 Å². The molecule has 4 aromatic rings. The van der Waals surface area contributed by atoms with Gasteiger partial charge in [-0.2, -0.15) is 66.2 Å². The van der Waals surface area contributed by atoms with Gasteiger partial charge < -0.3 is 1.43 Å². The van der Waals surface area contributed by atoms with Crippen LogP contribution in [-0.2, 0) is 29.8 Å². The standard InChI is InChI=1S/C13H9.2C5H5.C2H6Si.Zr.H/c1-3-7-12-10(5-1)9-11-6-2-4-8-13(11)12;2*1-2-4-5-3-1;1-3-2;;/h1-5,7-8H,9H2;2*1-5H;1-2H3;;/q3*-1;;;-1. The summed E-state index contributed by atoms with van der Waals surface area (Å²) in [5.41, 5.74) is 5.72. The van der Waals surface area contributed by atoms with Crippen LogP contribution in [0.2, 0.25) is 13.1 Å². The number of hydrogen-bond acceptors (Lipinski definition) is 0. The molecule has 0 atom stereocenters. The molecule has 0 heterocycles.